The standard InChI is InChI=1S/C15H13FN2O/c1-11-4-2-3-5-14(11)15(19)18-17-10-12-6-8-13(16)9-7-12/h2-10H,1H3,(H,18,19)/b17-10-. The van der Waals surface area contributed by atoms with Crippen LogP contribution < -0.4 is 5.43 Å². The van der Waals surface area contributed by atoms with E-state index in [4.69, 9.17) is 0 Å². The molecule has 0 bridgehead atoms. The maximum atomic E-state index is 12.7. The summed E-state index contributed by atoms with van der Waals surface area (Å²) in [4.78, 5) is 11.8. The zero-order chi connectivity index (χ0) is 13.7. The molecule has 3 nitrogen and oxygen atoms in total. The second kappa shape index (κ2) is 5.91. The number of nitrogens with zero attached hydrogens (tertiary/aromatic N) is 1. The second-order valence-electron chi connectivity index (χ2n) is 4.07. The molecule has 0 aromatic heterocycles. The van der Waals surface area contributed by atoms with Crippen molar-refractivity contribution in [3.8, 4) is 0 Å². The topological polar surface area (TPSA) is 41.5 Å². The summed E-state index contributed by atoms with van der Waals surface area (Å²) in [5, 5.41) is 3.84. The molecule has 0 saturated carbocycles. The van der Waals surface area contributed by atoms with Crippen LogP contribution in [0.2, 0.25) is 0 Å². The number of benzene rings is 2. The first-order valence-corrected chi connectivity index (χ1v) is 5.81. The van der Waals surface area contributed by atoms with Crippen LogP contribution in [0.25, 0.3) is 0 Å². The van der Waals surface area contributed by atoms with Gasteiger partial charge in [0.05, 0.1) is 6.21 Å². The average Bonchev–Trinajstić information content (AvgIpc) is 2.41. The van der Waals surface area contributed by atoms with Crippen molar-refractivity contribution in [2.45, 2.75) is 6.92 Å². The molecule has 0 aliphatic heterocycles. The molecule has 0 saturated heterocycles. The minimum atomic E-state index is -0.305. The summed E-state index contributed by atoms with van der Waals surface area (Å²) in [6.45, 7) is 1.86. The maximum absolute atomic E-state index is 12.7. The SMILES string of the molecule is Cc1ccccc1C(=O)N/N=C\c1ccc(F)cc1. The van der Waals surface area contributed by atoms with E-state index in [9.17, 15) is 9.18 Å². The Hall–Kier alpha value is -2.49. The van der Waals surface area contributed by atoms with Gasteiger partial charge in [-0.25, -0.2) is 9.82 Å². The summed E-state index contributed by atoms with van der Waals surface area (Å²) < 4.78 is 12.7. The lowest BCUT2D eigenvalue weighted by Crippen LogP contribution is -2.18. The molecule has 1 amide bonds. The number of hydrogen-bond acceptors (Lipinski definition) is 2. The molecule has 19 heavy (non-hydrogen) atoms. The first-order chi connectivity index (χ1) is 9.16. The Morgan fingerprint density at radius 2 is 1.84 bits per heavy atom. The van der Waals surface area contributed by atoms with E-state index in [2.05, 4.69) is 10.5 Å². The van der Waals surface area contributed by atoms with Gasteiger partial charge in [-0.2, -0.15) is 5.10 Å². The fourth-order valence-electron chi connectivity index (χ4n) is 1.60. The smallest absolute Gasteiger partial charge is 0.267 e. The largest absolute Gasteiger partial charge is 0.271 e. The van der Waals surface area contributed by atoms with Gasteiger partial charge in [0.15, 0.2) is 0 Å². The van der Waals surface area contributed by atoms with Crippen molar-refractivity contribution in [3.63, 3.8) is 0 Å². The number of aryl methyl sites for hydroxylation is 1. The van der Waals surface area contributed by atoms with Gasteiger partial charge in [-0.05, 0) is 36.2 Å². The van der Waals surface area contributed by atoms with Crippen LogP contribution in [-0.2, 0) is 0 Å². The van der Waals surface area contributed by atoms with Crippen LogP contribution in [0.3, 0.4) is 0 Å². The van der Waals surface area contributed by atoms with E-state index in [0.29, 0.717) is 11.1 Å². The lowest BCUT2D eigenvalue weighted by molar-refractivity contribution is 0.0954. The number of halogens is 1. The fraction of sp³-hybridized carbons (Fsp3) is 0.0667. The highest BCUT2D eigenvalue weighted by molar-refractivity contribution is 5.96. The van der Waals surface area contributed by atoms with Crippen molar-refractivity contribution in [1.82, 2.24) is 5.43 Å². The number of rotatable bonds is 3. The van der Waals surface area contributed by atoms with Crippen molar-refractivity contribution in [2.24, 2.45) is 5.10 Å². The lowest BCUT2D eigenvalue weighted by Gasteiger charge is -2.02. The minimum Gasteiger partial charge on any atom is -0.267 e. The Kier molecular flexibility index (Phi) is 4.03. The molecule has 0 heterocycles. The first-order valence-electron chi connectivity index (χ1n) is 5.81. The predicted molar refractivity (Wildman–Crippen MR) is 72.6 cm³/mol. The van der Waals surface area contributed by atoms with Gasteiger partial charge >= 0.3 is 0 Å². The zero-order valence-corrected chi connectivity index (χ0v) is 10.4. The van der Waals surface area contributed by atoms with E-state index in [1.165, 1.54) is 18.3 Å². The van der Waals surface area contributed by atoms with Crippen LogP contribution in [0.4, 0.5) is 4.39 Å². The third kappa shape index (κ3) is 3.48. The summed E-state index contributed by atoms with van der Waals surface area (Å²) in [6.07, 6.45) is 1.47. The van der Waals surface area contributed by atoms with Gasteiger partial charge in [-0.3, -0.25) is 4.79 Å². The number of hydrazone groups is 1. The van der Waals surface area contributed by atoms with Gasteiger partial charge in [0.25, 0.3) is 5.91 Å². The van der Waals surface area contributed by atoms with Gasteiger partial charge in [0.2, 0.25) is 0 Å². The molecular formula is C15H13FN2O. The number of amides is 1. The van der Waals surface area contributed by atoms with E-state index >= 15 is 0 Å². The molecule has 96 valence electrons. The Morgan fingerprint density at radius 1 is 1.16 bits per heavy atom. The molecule has 0 fully saturated rings. The molecule has 0 spiro atoms. The molecule has 0 atom stereocenters. The van der Waals surface area contributed by atoms with Crippen LogP contribution >= 0.6 is 0 Å². The summed E-state index contributed by atoms with van der Waals surface area (Å²) in [7, 11) is 0. The van der Waals surface area contributed by atoms with Crippen molar-refractivity contribution in [1.29, 1.82) is 0 Å². The molecule has 0 unspecified atom stereocenters. The van der Waals surface area contributed by atoms with E-state index in [1.807, 2.05) is 19.1 Å². The van der Waals surface area contributed by atoms with Gasteiger partial charge in [-0.15, -0.1) is 0 Å². The summed E-state index contributed by atoms with van der Waals surface area (Å²) in [5.41, 5.74) is 4.62. The van der Waals surface area contributed by atoms with Crippen LogP contribution in [0.1, 0.15) is 21.5 Å². The maximum Gasteiger partial charge on any atom is 0.271 e. The van der Waals surface area contributed by atoms with Crippen molar-refractivity contribution in [3.05, 3.63) is 71.0 Å². The molecule has 2 aromatic carbocycles. The Bertz CT molecular complexity index is 606. The Morgan fingerprint density at radius 3 is 2.53 bits per heavy atom. The molecule has 2 aromatic rings. The minimum absolute atomic E-state index is 0.267. The third-order valence-electron chi connectivity index (χ3n) is 2.64. The molecule has 0 aliphatic rings. The number of carbonyl (C=O) groups is 1. The summed E-state index contributed by atoms with van der Waals surface area (Å²) in [5.74, 6) is -0.572. The van der Waals surface area contributed by atoms with Crippen molar-refractivity contribution >= 4 is 12.1 Å². The van der Waals surface area contributed by atoms with Crippen molar-refractivity contribution < 1.29 is 9.18 Å². The van der Waals surface area contributed by atoms with Crippen LogP contribution in [0.5, 0.6) is 0 Å². The molecule has 0 aliphatic carbocycles. The van der Waals surface area contributed by atoms with E-state index in [0.717, 1.165) is 5.56 Å². The van der Waals surface area contributed by atoms with E-state index in [-0.39, 0.29) is 11.7 Å². The molecular weight excluding hydrogens is 243 g/mol. The average molecular weight is 256 g/mol. The van der Waals surface area contributed by atoms with Crippen LogP contribution in [-0.4, -0.2) is 12.1 Å². The molecule has 4 heteroatoms. The van der Waals surface area contributed by atoms with E-state index < -0.39 is 0 Å². The van der Waals surface area contributed by atoms with E-state index in [1.54, 1.807) is 24.3 Å². The highest BCUT2D eigenvalue weighted by Gasteiger charge is 2.05. The summed E-state index contributed by atoms with van der Waals surface area (Å²) >= 11 is 0. The van der Waals surface area contributed by atoms with Crippen molar-refractivity contribution in [2.75, 3.05) is 0 Å². The number of nitrogens with one attached hydrogen (secondary N) is 1. The summed E-state index contributed by atoms with van der Waals surface area (Å²) in [6, 6.07) is 13.1. The fourth-order valence-corrected chi connectivity index (χ4v) is 1.60. The van der Waals surface area contributed by atoms with Gasteiger partial charge in [0, 0.05) is 5.56 Å². The van der Waals surface area contributed by atoms with Gasteiger partial charge in [0.1, 0.15) is 5.82 Å². The molecule has 0 radical (unpaired) electrons. The van der Waals surface area contributed by atoms with Gasteiger partial charge in [-0.1, -0.05) is 30.3 Å². The van der Waals surface area contributed by atoms with Crippen LogP contribution in [0.15, 0.2) is 53.6 Å². The number of hydrogen-bond donors (Lipinski definition) is 1. The second-order valence-corrected chi connectivity index (χ2v) is 4.07. The number of carbonyl (C=O) groups excluding carboxylic acids is 1. The highest BCUT2D eigenvalue weighted by Crippen LogP contribution is 2.06. The molecule has 2 rings (SSSR count). The lowest BCUT2D eigenvalue weighted by atomic mass is 10.1. The highest BCUT2D eigenvalue weighted by atomic mass is 19.1. The van der Waals surface area contributed by atoms with Gasteiger partial charge < -0.3 is 0 Å². The first kappa shape index (κ1) is 13.0. The molecule has 1 N–H and O–H groups in total. The monoisotopic (exact) mass is 256 g/mol. The third-order valence-corrected chi connectivity index (χ3v) is 2.64. The Labute approximate surface area is 110 Å². The predicted octanol–water partition coefficient (Wildman–Crippen LogP) is 2.90. The zero-order valence-electron chi connectivity index (χ0n) is 10.4. The quantitative estimate of drug-likeness (QED) is 0.665. The normalized spacial score (nSPS) is 10.6. The Balaban J connectivity index is 2.01. The van der Waals surface area contributed by atoms with Crippen LogP contribution in [0, 0.1) is 12.7 Å².